The first-order valence-corrected chi connectivity index (χ1v) is 10.7. The Morgan fingerprint density at radius 1 is 1.11 bits per heavy atom. The molecule has 4 N–H and O–H groups in total. The van der Waals surface area contributed by atoms with Crippen LogP contribution in [0.15, 0.2) is 52.2 Å². The standard InChI is InChI=1S/C23H16ClF3N4O6/c1-35-17-8-15-11(7-12(17)22(28)34)16(4-5-29-15)36-10-2-3-14(13(24)6-10)31-18-19(32)20(33)21(18)37-30-9-23(25,26)27/h2-8,30-31H,9H2,1H3,(H2,28,34). The van der Waals surface area contributed by atoms with E-state index in [0.29, 0.717) is 16.7 Å². The Morgan fingerprint density at radius 3 is 2.51 bits per heavy atom. The fourth-order valence-electron chi connectivity index (χ4n) is 3.29. The predicted octanol–water partition coefficient (Wildman–Crippen LogP) is 3.57. The molecule has 192 valence electrons. The molecule has 0 spiro atoms. The number of hydrogen-bond donors (Lipinski definition) is 3. The maximum absolute atomic E-state index is 12.3. The number of benzene rings is 2. The Morgan fingerprint density at radius 2 is 1.86 bits per heavy atom. The summed E-state index contributed by atoms with van der Waals surface area (Å²) < 4.78 is 47.9. The molecule has 10 nitrogen and oxygen atoms in total. The lowest BCUT2D eigenvalue weighted by atomic mass is 10.1. The number of rotatable bonds is 9. The fourth-order valence-corrected chi connectivity index (χ4v) is 3.51. The summed E-state index contributed by atoms with van der Waals surface area (Å²) in [5.74, 6) is -0.482. The molecule has 1 heterocycles. The van der Waals surface area contributed by atoms with Crippen molar-refractivity contribution in [3.05, 3.63) is 73.6 Å². The molecule has 0 aliphatic heterocycles. The van der Waals surface area contributed by atoms with Gasteiger partial charge in [-0.1, -0.05) is 11.6 Å². The van der Waals surface area contributed by atoms with E-state index in [0.717, 1.165) is 0 Å². The number of nitrogens with two attached hydrogens (primary N) is 1. The van der Waals surface area contributed by atoms with E-state index in [-0.39, 0.29) is 33.5 Å². The first-order valence-electron chi connectivity index (χ1n) is 10.3. The number of hydroxylamine groups is 1. The smallest absolute Gasteiger partial charge is 0.404 e. The lowest BCUT2D eigenvalue weighted by Gasteiger charge is -2.16. The van der Waals surface area contributed by atoms with Crippen LogP contribution >= 0.6 is 11.6 Å². The topological polar surface area (TPSA) is 142 Å². The molecule has 0 saturated heterocycles. The van der Waals surface area contributed by atoms with Gasteiger partial charge in [0.25, 0.3) is 16.8 Å². The van der Waals surface area contributed by atoms with Crippen molar-refractivity contribution in [2.45, 2.75) is 6.18 Å². The van der Waals surface area contributed by atoms with E-state index in [4.69, 9.17) is 26.8 Å². The predicted molar refractivity (Wildman–Crippen MR) is 128 cm³/mol. The number of hydrogen-bond acceptors (Lipinski definition) is 9. The molecule has 14 heteroatoms. The average molecular weight is 537 g/mol. The van der Waals surface area contributed by atoms with E-state index in [1.54, 1.807) is 11.5 Å². The van der Waals surface area contributed by atoms with Crippen molar-refractivity contribution in [3.8, 4) is 23.0 Å². The number of carbonyl (C=O) groups excluding carboxylic acids is 1. The second-order valence-electron chi connectivity index (χ2n) is 7.51. The minimum atomic E-state index is -4.59. The zero-order chi connectivity index (χ0) is 26.9. The number of halogens is 4. The number of anilines is 2. The Balaban J connectivity index is 1.56. The number of carbonyl (C=O) groups is 1. The zero-order valence-corrected chi connectivity index (χ0v) is 19.5. The summed E-state index contributed by atoms with van der Waals surface area (Å²) >= 11 is 6.28. The van der Waals surface area contributed by atoms with Gasteiger partial charge >= 0.3 is 6.18 Å². The van der Waals surface area contributed by atoms with Crippen LogP contribution in [0.3, 0.4) is 0 Å². The van der Waals surface area contributed by atoms with Crippen molar-refractivity contribution in [1.82, 2.24) is 10.5 Å². The second-order valence-corrected chi connectivity index (χ2v) is 7.92. The number of primary amides is 1. The summed E-state index contributed by atoms with van der Waals surface area (Å²) in [6.07, 6.45) is -3.10. The monoisotopic (exact) mass is 536 g/mol. The maximum atomic E-state index is 12.3. The lowest BCUT2D eigenvalue weighted by molar-refractivity contribution is -0.137. The number of ether oxygens (including phenoxy) is 2. The lowest BCUT2D eigenvalue weighted by Crippen LogP contribution is -2.40. The summed E-state index contributed by atoms with van der Waals surface area (Å²) in [6.45, 7) is -1.53. The van der Waals surface area contributed by atoms with Gasteiger partial charge in [-0.15, -0.1) is 5.48 Å². The quantitative estimate of drug-likeness (QED) is 0.216. The third-order valence-corrected chi connectivity index (χ3v) is 5.34. The van der Waals surface area contributed by atoms with Crippen molar-refractivity contribution >= 4 is 39.8 Å². The minimum absolute atomic E-state index is 0.0533. The summed E-state index contributed by atoms with van der Waals surface area (Å²) in [7, 11) is 1.39. The zero-order valence-electron chi connectivity index (χ0n) is 18.7. The van der Waals surface area contributed by atoms with Gasteiger partial charge in [0.2, 0.25) is 5.75 Å². The molecule has 0 fully saturated rings. The van der Waals surface area contributed by atoms with E-state index < -0.39 is 35.2 Å². The molecule has 1 aromatic heterocycles. The van der Waals surface area contributed by atoms with Crippen LogP contribution in [0.2, 0.25) is 5.02 Å². The highest BCUT2D eigenvalue weighted by Gasteiger charge is 2.29. The van der Waals surface area contributed by atoms with Crippen molar-refractivity contribution in [2.75, 3.05) is 19.0 Å². The first kappa shape index (κ1) is 25.7. The molecule has 0 bridgehead atoms. The molecule has 1 amide bonds. The highest BCUT2D eigenvalue weighted by atomic mass is 35.5. The highest BCUT2D eigenvalue weighted by Crippen LogP contribution is 2.36. The Hall–Kier alpha value is -4.36. The van der Waals surface area contributed by atoms with E-state index in [9.17, 15) is 27.6 Å². The summed E-state index contributed by atoms with van der Waals surface area (Å²) in [5.41, 5.74) is 5.34. The molecule has 0 aliphatic rings. The molecule has 0 unspecified atom stereocenters. The number of alkyl halides is 3. The van der Waals surface area contributed by atoms with Crippen molar-refractivity contribution in [2.24, 2.45) is 5.73 Å². The summed E-state index contributed by atoms with van der Waals surface area (Å²) in [4.78, 5) is 44.2. The Kier molecular flexibility index (Phi) is 6.92. The first-order chi connectivity index (χ1) is 17.5. The van der Waals surface area contributed by atoms with Crippen LogP contribution in [0.4, 0.5) is 24.5 Å². The van der Waals surface area contributed by atoms with Crippen LogP contribution in [0.1, 0.15) is 10.4 Å². The van der Waals surface area contributed by atoms with Crippen LogP contribution < -0.4 is 41.7 Å². The Bertz CT molecular complexity index is 1580. The van der Waals surface area contributed by atoms with Gasteiger partial charge in [0.15, 0.2) is 0 Å². The van der Waals surface area contributed by atoms with E-state index in [1.165, 1.54) is 43.6 Å². The van der Waals surface area contributed by atoms with Crippen LogP contribution in [0.5, 0.6) is 23.0 Å². The number of amides is 1. The molecule has 0 radical (unpaired) electrons. The van der Waals surface area contributed by atoms with E-state index in [2.05, 4.69) is 15.1 Å². The van der Waals surface area contributed by atoms with Crippen LogP contribution in [-0.4, -0.2) is 30.7 Å². The molecule has 0 atom stereocenters. The van der Waals surface area contributed by atoms with Gasteiger partial charge in [-0.2, -0.15) is 13.2 Å². The van der Waals surface area contributed by atoms with Gasteiger partial charge in [-0.05, 0) is 24.3 Å². The maximum Gasteiger partial charge on any atom is 0.404 e. The van der Waals surface area contributed by atoms with Gasteiger partial charge in [0, 0.05) is 23.7 Å². The third-order valence-electron chi connectivity index (χ3n) is 5.03. The van der Waals surface area contributed by atoms with Gasteiger partial charge < -0.3 is 25.4 Å². The molecular formula is C23H16ClF3N4O6. The van der Waals surface area contributed by atoms with Crippen molar-refractivity contribution in [3.63, 3.8) is 0 Å². The second kappa shape index (κ2) is 9.95. The largest absolute Gasteiger partial charge is 0.496 e. The molecule has 0 aliphatic carbocycles. The molecule has 4 rings (SSSR count). The van der Waals surface area contributed by atoms with Crippen LogP contribution in [0, 0.1) is 0 Å². The molecule has 4 aromatic rings. The molecule has 0 saturated carbocycles. The van der Waals surface area contributed by atoms with E-state index in [1.807, 2.05) is 0 Å². The van der Waals surface area contributed by atoms with Gasteiger partial charge in [-0.3, -0.25) is 19.4 Å². The number of aromatic nitrogens is 1. The number of fused-ring (bicyclic) bond motifs is 1. The third kappa shape index (κ3) is 5.42. The molecular weight excluding hydrogens is 521 g/mol. The fraction of sp³-hybridized carbons (Fsp3) is 0.130. The normalized spacial score (nSPS) is 11.5. The highest BCUT2D eigenvalue weighted by molar-refractivity contribution is 6.33. The molecule has 3 aromatic carbocycles. The number of nitrogens with zero attached hydrogens (tertiary/aromatic N) is 1. The molecule has 37 heavy (non-hydrogen) atoms. The van der Waals surface area contributed by atoms with Crippen LogP contribution in [0.25, 0.3) is 10.9 Å². The number of methoxy groups -OCH3 is 1. The Labute approximate surface area is 210 Å². The summed E-state index contributed by atoms with van der Waals surface area (Å²) in [5, 5.41) is 3.10. The van der Waals surface area contributed by atoms with Crippen molar-refractivity contribution < 1.29 is 32.3 Å². The SMILES string of the molecule is COc1cc2nccc(Oc3ccc(Nc4c(ONCC(F)(F)F)c(=O)c4=O)c(Cl)c3)c2cc1C(N)=O. The van der Waals surface area contributed by atoms with Gasteiger partial charge in [0.1, 0.15) is 29.5 Å². The average Bonchev–Trinajstić information content (AvgIpc) is 2.85. The van der Waals surface area contributed by atoms with E-state index >= 15 is 0 Å². The summed E-state index contributed by atoms with van der Waals surface area (Å²) in [6, 6.07) is 8.87. The van der Waals surface area contributed by atoms with Gasteiger partial charge in [0.05, 0.1) is 28.9 Å². The van der Waals surface area contributed by atoms with Crippen LogP contribution in [-0.2, 0) is 0 Å². The van der Waals surface area contributed by atoms with Gasteiger partial charge in [-0.25, -0.2) is 0 Å². The minimum Gasteiger partial charge on any atom is -0.496 e. The number of pyridine rings is 1. The number of nitrogens with one attached hydrogen (secondary N) is 2. The van der Waals surface area contributed by atoms with Crippen molar-refractivity contribution in [1.29, 1.82) is 0 Å².